The number of phenols is 1. The summed E-state index contributed by atoms with van der Waals surface area (Å²) >= 11 is 3.31. The third-order valence-electron chi connectivity index (χ3n) is 3.92. The fourth-order valence-corrected chi connectivity index (χ4v) is 3.09. The molecule has 1 saturated heterocycles. The lowest BCUT2D eigenvalue weighted by atomic mass is 10.1. The van der Waals surface area contributed by atoms with Crippen molar-refractivity contribution in [2.24, 2.45) is 0 Å². The first-order chi connectivity index (χ1) is 12.9. The molecule has 0 aromatic heterocycles. The number of nitrogens with one attached hydrogen (secondary N) is 1. The molecule has 27 heavy (non-hydrogen) atoms. The van der Waals surface area contributed by atoms with Crippen molar-refractivity contribution < 1.29 is 23.8 Å². The van der Waals surface area contributed by atoms with Gasteiger partial charge < -0.3 is 15.2 Å². The van der Waals surface area contributed by atoms with Crippen molar-refractivity contribution in [2.75, 3.05) is 6.61 Å². The highest BCUT2D eigenvalue weighted by atomic mass is 79.9. The van der Waals surface area contributed by atoms with E-state index in [-0.39, 0.29) is 29.3 Å². The van der Waals surface area contributed by atoms with Gasteiger partial charge in [0.05, 0.1) is 13.2 Å². The molecule has 0 bridgehead atoms. The van der Waals surface area contributed by atoms with E-state index < -0.39 is 17.8 Å². The Morgan fingerprint density at radius 1 is 1.30 bits per heavy atom. The van der Waals surface area contributed by atoms with Crippen LogP contribution in [0.4, 0.5) is 9.18 Å². The number of urea groups is 1. The van der Waals surface area contributed by atoms with Gasteiger partial charge in [-0.25, -0.2) is 9.18 Å². The van der Waals surface area contributed by atoms with Crippen LogP contribution < -0.4 is 10.1 Å². The van der Waals surface area contributed by atoms with Crippen LogP contribution in [-0.2, 0) is 11.3 Å². The molecule has 2 aromatic carbocycles. The molecular weight excluding hydrogens is 419 g/mol. The van der Waals surface area contributed by atoms with E-state index >= 15 is 0 Å². The van der Waals surface area contributed by atoms with Crippen LogP contribution in [0.15, 0.2) is 46.6 Å². The average molecular weight is 435 g/mol. The monoisotopic (exact) mass is 434 g/mol. The Morgan fingerprint density at radius 3 is 2.74 bits per heavy atom. The van der Waals surface area contributed by atoms with Crippen LogP contribution in [0.5, 0.6) is 11.5 Å². The summed E-state index contributed by atoms with van der Waals surface area (Å²) in [7, 11) is 0. The maximum atomic E-state index is 13.8. The molecule has 140 valence electrons. The maximum absolute atomic E-state index is 13.8. The van der Waals surface area contributed by atoms with E-state index in [2.05, 4.69) is 21.2 Å². The molecular formula is C19H16BrFN2O4. The normalized spacial score (nSPS) is 15.4. The van der Waals surface area contributed by atoms with Crippen LogP contribution in [0.1, 0.15) is 18.1 Å². The van der Waals surface area contributed by atoms with Gasteiger partial charge in [-0.3, -0.25) is 9.69 Å². The lowest BCUT2D eigenvalue weighted by Crippen LogP contribution is -2.30. The summed E-state index contributed by atoms with van der Waals surface area (Å²) in [6.45, 7) is 1.94. The number of ether oxygens (including phenoxy) is 1. The molecule has 2 aromatic rings. The van der Waals surface area contributed by atoms with E-state index in [1.54, 1.807) is 25.1 Å². The zero-order chi connectivity index (χ0) is 19.6. The van der Waals surface area contributed by atoms with Crippen LogP contribution >= 0.6 is 15.9 Å². The quantitative estimate of drug-likeness (QED) is 0.554. The highest BCUT2D eigenvalue weighted by Crippen LogP contribution is 2.35. The third kappa shape index (κ3) is 3.95. The number of imide groups is 1. The molecule has 1 fully saturated rings. The highest BCUT2D eigenvalue weighted by molar-refractivity contribution is 9.10. The number of benzene rings is 2. The SMILES string of the molecule is CCOc1cc(Br)cc(C=C2NC(=O)N(Cc3ccccc3F)C2=O)c1O. The van der Waals surface area contributed by atoms with Gasteiger partial charge >= 0.3 is 6.03 Å². The Hall–Kier alpha value is -2.87. The molecule has 1 aliphatic heterocycles. The number of carbonyl (C=O) groups is 2. The minimum Gasteiger partial charge on any atom is -0.504 e. The second kappa shape index (κ2) is 7.79. The number of carbonyl (C=O) groups excluding carboxylic acids is 2. The van der Waals surface area contributed by atoms with Crippen LogP contribution in [0, 0.1) is 5.82 Å². The van der Waals surface area contributed by atoms with Gasteiger partial charge in [0.2, 0.25) is 0 Å². The number of nitrogens with zero attached hydrogens (tertiary/aromatic N) is 1. The molecule has 8 heteroatoms. The predicted molar refractivity (Wildman–Crippen MR) is 100 cm³/mol. The Balaban J connectivity index is 1.90. The molecule has 2 N–H and O–H groups in total. The minimum absolute atomic E-state index is 0.0211. The summed E-state index contributed by atoms with van der Waals surface area (Å²) in [5.74, 6) is -1.01. The maximum Gasteiger partial charge on any atom is 0.329 e. The first-order valence-electron chi connectivity index (χ1n) is 8.14. The fraction of sp³-hybridized carbons (Fsp3) is 0.158. The second-order valence-corrected chi connectivity index (χ2v) is 6.66. The predicted octanol–water partition coefficient (Wildman–Crippen LogP) is 3.79. The van der Waals surface area contributed by atoms with E-state index in [0.29, 0.717) is 16.6 Å². The second-order valence-electron chi connectivity index (χ2n) is 5.75. The number of halogens is 2. The molecule has 3 amide bonds. The molecule has 0 spiro atoms. The summed E-state index contributed by atoms with van der Waals surface area (Å²) in [4.78, 5) is 25.6. The fourth-order valence-electron chi connectivity index (χ4n) is 2.64. The van der Waals surface area contributed by atoms with Gasteiger partial charge in [-0.05, 0) is 31.2 Å². The van der Waals surface area contributed by atoms with Crippen LogP contribution in [0.3, 0.4) is 0 Å². The largest absolute Gasteiger partial charge is 0.504 e. The molecule has 0 radical (unpaired) electrons. The van der Waals surface area contributed by atoms with Gasteiger partial charge in [-0.2, -0.15) is 0 Å². The van der Waals surface area contributed by atoms with Crippen molar-refractivity contribution in [3.63, 3.8) is 0 Å². The topological polar surface area (TPSA) is 78.9 Å². The molecule has 1 aliphatic rings. The van der Waals surface area contributed by atoms with E-state index in [4.69, 9.17) is 4.74 Å². The van der Waals surface area contributed by atoms with Gasteiger partial charge in [-0.1, -0.05) is 34.1 Å². The van der Waals surface area contributed by atoms with Gasteiger partial charge in [0, 0.05) is 15.6 Å². The van der Waals surface area contributed by atoms with Crippen molar-refractivity contribution in [1.29, 1.82) is 0 Å². The Morgan fingerprint density at radius 2 is 2.04 bits per heavy atom. The highest BCUT2D eigenvalue weighted by Gasteiger charge is 2.34. The van der Waals surface area contributed by atoms with E-state index in [9.17, 15) is 19.1 Å². The van der Waals surface area contributed by atoms with E-state index in [1.165, 1.54) is 24.3 Å². The van der Waals surface area contributed by atoms with Crippen LogP contribution in [0.2, 0.25) is 0 Å². The standard InChI is InChI=1S/C19H16BrFN2O4/c1-2-27-16-9-13(20)7-12(17(16)24)8-15-18(25)23(19(26)22-15)10-11-5-3-4-6-14(11)21/h3-9,24H,2,10H2,1H3,(H,22,26). The number of phenolic OH excluding ortho intramolecular Hbond substituents is 1. The Kier molecular flexibility index (Phi) is 5.46. The van der Waals surface area contributed by atoms with Gasteiger partial charge in [0.1, 0.15) is 11.5 Å². The Bertz CT molecular complexity index is 945. The number of amides is 3. The van der Waals surface area contributed by atoms with Crippen LogP contribution in [0.25, 0.3) is 6.08 Å². The summed E-state index contributed by atoms with van der Waals surface area (Å²) in [6.07, 6.45) is 1.35. The molecule has 0 saturated carbocycles. The van der Waals surface area contributed by atoms with Crippen molar-refractivity contribution >= 4 is 33.9 Å². The van der Waals surface area contributed by atoms with E-state index in [0.717, 1.165) is 4.90 Å². The van der Waals surface area contributed by atoms with Crippen molar-refractivity contribution in [2.45, 2.75) is 13.5 Å². The first kappa shape index (κ1) is 18.9. The number of rotatable bonds is 5. The summed E-state index contributed by atoms with van der Waals surface area (Å²) in [5.41, 5.74) is 0.502. The van der Waals surface area contributed by atoms with Gasteiger partial charge in [0.25, 0.3) is 5.91 Å². The molecule has 6 nitrogen and oxygen atoms in total. The first-order valence-corrected chi connectivity index (χ1v) is 8.93. The summed E-state index contributed by atoms with van der Waals surface area (Å²) < 4.78 is 19.8. The molecule has 3 rings (SSSR count). The third-order valence-corrected chi connectivity index (χ3v) is 4.38. The van der Waals surface area contributed by atoms with E-state index in [1.807, 2.05) is 0 Å². The average Bonchev–Trinajstić information content (AvgIpc) is 2.88. The molecule has 0 aliphatic carbocycles. The number of hydrogen-bond acceptors (Lipinski definition) is 4. The van der Waals surface area contributed by atoms with Crippen molar-refractivity contribution in [1.82, 2.24) is 10.2 Å². The minimum atomic E-state index is -0.658. The number of hydrogen-bond donors (Lipinski definition) is 2. The smallest absolute Gasteiger partial charge is 0.329 e. The lowest BCUT2D eigenvalue weighted by Gasteiger charge is -2.12. The zero-order valence-corrected chi connectivity index (χ0v) is 15.9. The summed E-state index contributed by atoms with van der Waals surface area (Å²) in [6, 6.07) is 8.45. The zero-order valence-electron chi connectivity index (χ0n) is 14.3. The van der Waals surface area contributed by atoms with Crippen molar-refractivity contribution in [3.8, 4) is 11.5 Å². The van der Waals surface area contributed by atoms with Gasteiger partial charge in [0.15, 0.2) is 11.5 Å². The lowest BCUT2D eigenvalue weighted by molar-refractivity contribution is -0.123. The van der Waals surface area contributed by atoms with Gasteiger partial charge in [-0.15, -0.1) is 0 Å². The number of aromatic hydroxyl groups is 1. The molecule has 0 unspecified atom stereocenters. The molecule has 0 atom stereocenters. The van der Waals surface area contributed by atoms with Crippen molar-refractivity contribution in [3.05, 3.63) is 63.5 Å². The summed E-state index contributed by atoms with van der Waals surface area (Å²) in [5, 5.41) is 12.8. The van der Waals surface area contributed by atoms with Crippen LogP contribution in [-0.4, -0.2) is 28.6 Å². The molecule has 1 heterocycles. The Labute approximate surface area is 163 Å².